The first-order valence-corrected chi connectivity index (χ1v) is 6.42. The number of furan rings is 1. The minimum absolute atomic E-state index is 0.592. The van der Waals surface area contributed by atoms with Crippen LogP contribution in [0.3, 0.4) is 0 Å². The van der Waals surface area contributed by atoms with Gasteiger partial charge in [0.05, 0.1) is 0 Å². The first-order chi connectivity index (χ1) is 8.20. The zero-order chi connectivity index (χ0) is 12.3. The number of hydrogen-bond acceptors (Lipinski definition) is 4. The van der Waals surface area contributed by atoms with Crippen LogP contribution in [0.1, 0.15) is 18.6 Å². The van der Waals surface area contributed by atoms with Gasteiger partial charge in [0, 0.05) is 45.3 Å². The van der Waals surface area contributed by atoms with E-state index in [2.05, 4.69) is 22.9 Å². The van der Waals surface area contributed by atoms with Gasteiger partial charge < -0.3 is 20.0 Å². The molecule has 0 bridgehead atoms. The maximum Gasteiger partial charge on any atom is 0.195 e. The summed E-state index contributed by atoms with van der Waals surface area (Å²) in [6, 6.07) is 4.67. The SMILES string of the molecule is Cc1ccc(N(C)C2CCN(CCN)CC2)o1. The predicted octanol–water partition coefficient (Wildman–Crippen LogP) is 1.45. The van der Waals surface area contributed by atoms with Crippen LogP contribution in [0, 0.1) is 6.92 Å². The fourth-order valence-electron chi connectivity index (χ4n) is 2.50. The maximum atomic E-state index is 5.67. The van der Waals surface area contributed by atoms with Crippen LogP contribution >= 0.6 is 0 Å². The molecule has 1 aliphatic rings. The number of piperidine rings is 1. The molecule has 0 saturated carbocycles. The minimum Gasteiger partial charge on any atom is -0.446 e. The number of rotatable bonds is 4. The van der Waals surface area contributed by atoms with Crippen molar-refractivity contribution < 1.29 is 4.42 Å². The molecule has 17 heavy (non-hydrogen) atoms. The van der Waals surface area contributed by atoms with Crippen molar-refractivity contribution in [2.45, 2.75) is 25.8 Å². The van der Waals surface area contributed by atoms with Crippen LogP contribution < -0.4 is 10.6 Å². The fraction of sp³-hybridized carbons (Fsp3) is 0.692. The summed E-state index contributed by atoms with van der Waals surface area (Å²) in [5, 5.41) is 0. The second-order valence-electron chi connectivity index (χ2n) is 4.86. The van der Waals surface area contributed by atoms with E-state index in [0.717, 1.165) is 37.8 Å². The number of anilines is 1. The van der Waals surface area contributed by atoms with Gasteiger partial charge >= 0.3 is 0 Å². The Hall–Kier alpha value is -1.00. The average molecular weight is 237 g/mol. The molecule has 2 rings (SSSR count). The van der Waals surface area contributed by atoms with Gasteiger partial charge in [0.2, 0.25) is 0 Å². The van der Waals surface area contributed by atoms with Crippen molar-refractivity contribution in [3.8, 4) is 0 Å². The quantitative estimate of drug-likeness (QED) is 0.861. The Kier molecular flexibility index (Phi) is 4.07. The molecular weight excluding hydrogens is 214 g/mol. The topological polar surface area (TPSA) is 45.6 Å². The van der Waals surface area contributed by atoms with Gasteiger partial charge in [0.25, 0.3) is 0 Å². The van der Waals surface area contributed by atoms with Crippen molar-refractivity contribution in [1.82, 2.24) is 4.90 Å². The van der Waals surface area contributed by atoms with Gasteiger partial charge in [-0.2, -0.15) is 0 Å². The van der Waals surface area contributed by atoms with E-state index in [1.165, 1.54) is 12.8 Å². The van der Waals surface area contributed by atoms with Crippen LogP contribution in [-0.4, -0.2) is 44.2 Å². The number of likely N-dealkylation sites (tertiary alicyclic amines) is 1. The molecule has 4 heteroatoms. The fourth-order valence-corrected chi connectivity index (χ4v) is 2.50. The summed E-state index contributed by atoms with van der Waals surface area (Å²) in [5.41, 5.74) is 5.58. The van der Waals surface area contributed by atoms with Crippen LogP contribution in [0.5, 0.6) is 0 Å². The van der Waals surface area contributed by atoms with Gasteiger partial charge in [0.1, 0.15) is 5.76 Å². The molecule has 0 unspecified atom stereocenters. The maximum absolute atomic E-state index is 5.67. The van der Waals surface area contributed by atoms with E-state index in [1.54, 1.807) is 0 Å². The van der Waals surface area contributed by atoms with Crippen LogP contribution in [0.4, 0.5) is 5.88 Å². The van der Waals surface area contributed by atoms with Crippen molar-refractivity contribution in [3.05, 3.63) is 17.9 Å². The Bertz CT molecular complexity index is 342. The molecule has 1 aromatic rings. The molecule has 2 heterocycles. The summed E-state index contributed by atoms with van der Waals surface area (Å²) in [4.78, 5) is 4.71. The third kappa shape index (κ3) is 3.01. The zero-order valence-corrected chi connectivity index (χ0v) is 10.9. The molecule has 2 N–H and O–H groups in total. The third-order valence-corrected chi connectivity index (χ3v) is 3.62. The number of aryl methyl sites for hydroxylation is 1. The van der Waals surface area contributed by atoms with E-state index in [9.17, 15) is 0 Å². The number of nitrogens with zero attached hydrogens (tertiary/aromatic N) is 2. The molecule has 0 aromatic carbocycles. The highest BCUT2D eigenvalue weighted by atomic mass is 16.4. The highest BCUT2D eigenvalue weighted by molar-refractivity contribution is 5.36. The first-order valence-electron chi connectivity index (χ1n) is 6.42. The van der Waals surface area contributed by atoms with Crippen molar-refractivity contribution in [2.75, 3.05) is 38.1 Å². The molecule has 96 valence electrons. The third-order valence-electron chi connectivity index (χ3n) is 3.62. The zero-order valence-electron chi connectivity index (χ0n) is 10.9. The highest BCUT2D eigenvalue weighted by Gasteiger charge is 2.23. The molecule has 0 radical (unpaired) electrons. The van der Waals surface area contributed by atoms with Crippen LogP contribution in [0.25, 0.3) is 0 Å². The van der Waals surface area contributed by atoms with Crippen molar-refractivity contribution >= 4 is 5.88 Å². The molecule has 0 aliphatic carbocycles. The number of nitrogens with two attached hydrogens (primary N) is 1. The summed E-state index contributed by atoms with van der Waals surface area (Å²) in [7, 11) is 2.13. The van der Waals surface area contributed by atoms with Gasteiger partial charge in [-0.05, 0) is 25.8 Å². The second kappa shape index (κ2) is 5.56. The Labute approximate surface area is 103 Å². The average Bonchev–Trinajstić information content (AvgIpc) is 2.76. The van der Waals surface area contributed by atoms with Gasteiger partial charge in [-0.1, -0.05) is 0 Å². The Morgan fingerprint density at radius 2 is 2.12 bits per heavy atom. The molecule has 1 fully saturated rings. The normalized spacial score (nSPS) is 18.5. The smallest absolute Gasteiger partial charge is 0.195 e. The van der Waals surface area contributed by atoms with Crippen molar-refractivity contribution in [3.63, 3.8) is 0 Å². The highest BCUT2D eigenvalue weighted by Crippen LogP contribution is 2.23. The van der Waals surface area contributed by atoms with E-state index < -0.39 is 0 Å². The van der Waals surface area contributed by atoms with Gasteiger partial charge in [-0.3, -0.25) is 0 Å². The molecule has 1 saturated heterocycles. The van der Waals surface area contributed by atoms with Crippen LogP contribution in [0.2, 0.25) is 0 Å². The molecular formula is C13H23N3O. The van der Waals surface area contributed by atoms with Gasteiger partial charge in [0.15, 0.2) is 5.88 Å². The number of hydrogen-bond donors (Lipinski definition) is 1. The van der Waals surface area contributed by atoms with E-state index in [0.29, 0.717) is 6.04 Å². The van der Waals surface area contributed by atoms with Crippen molar-refractivity contribution in [2.24, 2.45) is 5.73 Å². The second-order valence-corrected chi connectivity index (χ2v) is 4.86. The molecule has 4 nitrogen and oxygen atoms in total. The monoisotopic (exact) mass is 237 g/mol. The molecule has 0 amide bonds. The van der Waals surface area contributed by atoms with E-state index in [4.69, 9.17) is 10.2 Å². The molecule has 1 aliphatic heterocycles. The summed E-state index contributed by atoms with van der Waals surface area (Å²) in [5.74, 6) is 1.96. The van der Waals surface area contributed by atoms with Crippen molar-refractivity contribution in [1.29, 1.82) is 0 Å². The summed E-state index contributed by atoms with van der Waals surface area (Å²) < 4.78 is 5.67. The van der Waals surface area contributed by atoms with Crippen LogP contribution in [0.15, 0.2) is 16.5 Å². The van der Waals surface area contributed by atoms with E-state index >= 15 is 0 Å². The van der Waals surface area contributed by atoms with Gasteiger partial charge in [-0.25, -0.2) is 0 Å². The standard InChI is InChI=1S/C13H23N3O/c1-11-3-4-13(17-11)15(2)12-5-8-16(9-6-12)10-7-14/h3-4,12H,5-10,14H2,1-2H3. The molecule has 1 aromatic heterocycles. The lowest BCUT2D eigenvalue weighted by Gasteiger charge is -2.36. The summed E-state index contributed by atoms with van der Waals surface area (Å²) >= 11 is 0. The Balaban J connectivity index is 1.88. The summed E-state index contributed by atoms with van der Waals surface area (Å²) in [6.45, 7) is 6.06. The molecule has 0 spiro atoms. The summed E-state index contributed by atoms with van der Waals surface area (Å²) in [6.07, 6.45) is 2.38. The molecule has 0 atom stereocenters. The Morgan fingerprint density at radius 1 is 1.41 bits per heavy atom. The minimum atomic E-state index is 0.592. The lowest BCUT2D eigenvalue weighted by Crippen LogP contribution is -2.44. The largest absolute Gasteiger partial charge is 0.446 e. The lowest BCUT2D eigenvalue weighted by molar-refractivity contribution is 0.214. The van der Waals surface area contributed by atoms with Crippen LogP contribution in [-0.2, 0) is 0 Å². The van der Waals surface area contributed by atoms with E-state index in [1.807, 2.05) is 13.0 Å². The Morgan fingerprint density at radius 3 is 2.65 bits per heavy atom. The lowest BCUT2D eigenvalue weighted by atomic mass is 10.0. The predicted molar refractivity (Wildman–Crippen MR) is 70.4 cm³/mol. The van der Waals surface area contributed by atoms with Gasteiger partial charge in [-0.15, -0.1) is 0 Å². The first kappa shape index (κ1) is 12.5. The van der Waals surface area contributed by atoms with E-state index in [-0.39, 0.29) is 0 Å².